The number of nitrogens with one attached hydrogen (secondary N) is 1. The Bertz CT molecular complexity index is 898. The zero-order valence-electron chi connectivity index (χ0n) is 19.9. The minimum Gasteiger partial charge on any atom is -0.500 e. The molecule has 8 heteroatoms. The first-order chi connectivity index (χ1) is 15.8. The second kappa shape index (κ2) is 12.9. The van der Waals surface area contributed by atoms with Gasteiger partial charge in [-0.15, -0.1) is 0 Å². The number of hydrogen-bond acceptors (Lipinski definition) is 6. The number of hydrogen-bond donors (Lipinski definition) is 1. The van der Waals surface area contributed by atoms with Crippen LogP contribution in [-0.4, -0.2) is 56.7 Å². The molecular weight excluding hydrogens is 425 g/mol. The zero-order valence-corrected chi connectivity index (χ0v) is 19.9. The summed E-state index contributed by atoms with van der Waals surface area (Å²) in [5, 5.41) is 12.1. The number of carbonyl (C=O) groups is 2. The van der Waals surface area contributed by atoms with Crippen LogP contribution in [0.5, 0.6) is 0 Å². The van der Waals surface area contributed by atoms with Crippen LogP contribution in [0.2, 0.25) is 0 Å². The number of likely N-dealkylation sites (N-methyl/N-ethyl adjacent to an activating group) is 1. The molecule has 7 nitrogen and oxygen atoms in total. The maximum atomic E-state index is 14.7. The smallest absolute Gasteiger partial charge is 0.338 e. The first kappa shape index (κ1) is 26.3. The first-order valence-corrected chi connectivity index (χ1v) is 11.4. The van der Waals surface area contributed by atoms with Crippen molar-refractivity contribution in [3.8, 4) is 6.07 Å². The highest BCUT2D eigenvalue weighted by molar-refractivity contribution is 5.96. The normalized spacial score (nSPS) is 19.6. The molecule has 0 aromatic heterocycles. The van der Waals surface area contributed by atoms with E-state index in [1.807, 2.05) is 19.9 Å². The third kappa shape index (κ3) is 7.57. The molecule has 0 aromatic carbocycles. The second-order valence-corrected chi connectivity index (χ2v) is 8.35. The van der Waals surface area contributed by atoms with Gasteiger partial charge in [-0.3, -0.25) is 4.79 Å². The Morgan fingerprint density at radius 1 is 1.48 bits per heavy atom. The minimum atomic E-state index is -0.429. The molecule has 1 N–H and O–H groups in total. The molecule has 0 spiro atoms. The fourth-order valence-corrected chi connectivity index (χ4v) is 3.83. The fraction of sp³-hybridized carbons (Fsp3) is 0.560. The second-order valence-electron chi connectivity index (χ2n) is 8.35. The molecule has 180 valence electrons. The predicted molar refractivity (Wildman–Crippen MR) is 123 cm³/mol. The van der Waals surface area contributed by atoms with Crippen molar-refractivity contribution >= 4 is 11.9 Å². The van der Waals surface area contributed by atoms with Crippen LogP contribution in [0.15, 0.2) is 46.5 Å². The minimum absolute atomic E-state index is 0.0213. The predicted octanol–water partition coefficient (Wildman–Crippen LogP) is 3.57. The van der Waals surface area contributed by atoms with E-state index in [1.54, 1.807) is 19.1 Å². The van der Waals surface area contributed by atoms with Crippen molar-refractivity contribution in [2.24, 2.45) is 11.8 Å². The lowest BCUT2D eigenvalue weighted by molar-refractivity contribution is -0.135. The van der Waals surface area contributed by atoms with E-state index in [0.717, 1.165) is 6.54 Å². The van der Waals surface area contributed by atoms with E-state index in [2.05, 4.69) is 16.3 Å². The van der Waals surface area contributed by atoms with Crippen LogP contribution in [0.25, 0.3) is 0 Å². The number of fused-ring (bicyclic) bond motifs is 1. The van der Waals surface area contributed by atoms with Crippen molar-refractivity contribution in [1.29, 1.82) is 5.26 Å². The molecule has 2 aliphatic rings. The Morgan fingerprint density at radius 3 is 2.91 bits per heavy atom. The summed E-state index contributed by atoms with van der Waals surface area (Å²) in [5.41, 5.74) is 1.23. The summed E-state index contributed by atoms with van der Waals surface area (Å²) in [4.78, 5) is 26.0. The van der Waals surface area contributed by atoms with E-state index in [4.69, 9.17) is 14.7 Å². The van der Waals surface area contributed by atoms with Crippen LogP contribution in [0.3, 0.4) is 0 Å². The van der Waals surface area contributed by atoms with Crippen LogP contribution in [-0.2, 0) is 19.1 Å². The molecule has 0 bridgehead atoms. The quantitative estimate of drug-likeness (QED) is 0.208. The van der Waals surface area contributed by atoms with E-state index in [1.165, 1.54) is 7.11 Å². The van der Waals surface area contributed by atoms with Crippen LogP contribution in [0, 0.1) is 23.2 Å². The summed E-state index contributed by atoms with van der Waals surface area (Å²) in [6, 6.07) is 2.08. The Hall–Kier alpha value is -2.92. The van der Waals surface area contributed by atoms with Gasteiger partial charge in [-0.2, -0.15) is 5.26 Å². The number of amides is 1. The molecule has 2 rings (SSSR count). The number of cyclic esters (lactones) is 1. The Kier molecular flexibility index (Phi) is 10.3. The molecule has 1 aliphatic heterocycles. The molecule has 1 saturated heterocycles. The number of rotatable bonds is 12. The van der Waals surface area contributed by atoms with Gasteiger partial charge < -0.3 is 19.7 Å². The molecule has 0 saturated carbocycles. The van der Waals surface area contributed by atoms with Gasteiger partial charge >= 0.3 is 5.97 Å². The molecule has 2 atom stereocenters. The van der Waals surface area contributed by atoms with Gasteiger partial charge in [0.2, 0.25) is 5.91 Å². The average molecular weight is 460 g/mol. The lowest BCUT2D eigenvalue weighted by Crippen LogP contribution is -2.36. The van der Waals surface area contributed by atoms with Gasteiger partial charge in [0.05, 0.1) is 18.3 Å². The van der Waals surface area contributed by atoms with Gasteiger partial charge in [0.15, 0.2) is 0 Å². The number of allylic oxidation sites excluding steroid dienone is 6. The number of methoxy groups -OCH3 is 1. The SMILES string of the molecule is CCN(CCNC(=O)CC(C)/C=C\C(C#N)=C(/C)OC)CCC1CC=C2C(=O)OCC2=C1F. The number of ether oxygens (including phenoxy) is 2. The van der Waals surface area contributed by atoms with E-state index in [0.29, 0.717) is 61.4 Å². The summed E-state index contributed by atoms with van der Waals surface area (Å²) in [7, 11) is 1.51. The Labute approximate surface area is 195 Å². The highest BCUT2D eigenvalue weighted by atomic mass is 19.1. The maximum absolute atomic E-state index is 14.7. The third-order valence-corrected chi connectivity index (χ3v) is 6.04. The van der Waals surface area contributed by atoms with Gasteiger partial charge in [0, 0.05) is 31.0 Å². The standard InChI is InChI=1S/C25H34FN3O4/c1-5-29(12-10-19-8-9-21-22(24(19)26)16-33-25(21)31)13-11-28-23(30)14-17(2)6-7-20(15-27)18(3)32-4/h6-7,9,17,19H,5,8,10-14,16H2,1-4H3,(H,28,30)/b7-6-,20-18-. The van der Waals surface area contributed by atoms with Crippen molar-refractivity contribution in [2.75, 3.05) is 39.9 Å². The average Bonchev–Trinajstić information content (AvgIpc) is 3.18. The van der Waals surface area contributed by atoms with Crippen molar-refractivity contribution in [3.05, 3.63) is 46.5 Å². The molecule has 1 aliphatic carbocycles. The van der Waals surface area contributed by atoms with Gasteiger partial charge in [-0.05, 0) is 44.8 Å². The van der Waals surface area contributed by atoms with E-state index >= 15 is 0 Å². The van der Waals surface area contributed by atoms with Crippen LogP contribution in [0.1, 0.15) is 40.0 Å². The van der Waals surface area contributed by atoms with Crippen molar-refractivity contribution in [2.45, 2.75) is 40.0 Å². The zero-order chi connectivity index (χ0) is 24.4. The monoisotopic (exact) mass is 459 g/mol. The lowest BCUT2D eigenvalue weighted by atomic mass is 9.88. The van der Waals surface area contributed by atoms with Crippen molar-refractivity contribution in [3.63, 3.8) is 0 Å². The molecule has 33 heavy (non-hydrogen) atoms. The third-order valence-electron chi connectivity index (χ3n) is 6.04. The molecule has 2 unspecified atom stereocenters. The summed E-state index contributed by atoms with van der Waals surface area (Å²) < 4.78 is 24.7. The van der Waals surface area contributed by atoms with E-state index < -0.39 is 5.97 Å². The summed E-state index contributed by atoms with van der Waals surface area (Å²) in [6.07, 6.45) is 6.77. The highest BCUT2D eigenvalue weighted by Crippen LogP contribution is 2.36. The Balaban J connectivity index is 1.73. The van der Waals surface area contributed by atoms with Crippen LogP contribution < -0.4 is 5.32 Å². The molecular formula is C25H34FN3O4. The molecule has 1 amide bonds. The fourth-order valence-electron chi connectivity index (χ4n) is 3.83. The first-order valence-electron chi connectivity index (χ1n) is 11.4. The highest BCUT2D eigenvalue weighted by Gasteiger charge is 2.34. The summed E-state index contributed by atoms with van der Waals surface area (Å²) in [6.45, 7) is 8.39. The Morgan fingerprint density at radius 2 is 2.24 bits per heavy atom. The number of carbonyl (C=O) groups excluding carboxylic acids is 2. The molecule has 1 fully saturated rings. The van der Waals surface area contributed by atoms with E-state index in [9.17, 15) is 14.0 Å². The number of nitrogens with zero attached hydrogens (tertiary/aromatic N) is 2. The van der Waals surface area contributed by atoms with Gasteiger partial charge in [0.1, 0.15) is 24.3 Å². The maximum Gasteiger partial charge on any atom is 0.338 e. The van der Waals surface area contributed by atoms with Crippen LogP contribution >= 0.6 is 0 Å². The topological polar surface area (TPSA) is 91.7 Å². The van der Waals surface area contributed by atoms with Gasteiger partial charge in [0.25, 0.3) is 0 Å². The van der Waals surface area contributed by atoms with Gasteiger partial charge in [-0.1, -0.05) is 26.0 Å². The summed E-state index contributed by atoms with van der Waals surface area (Å²) >= 11 is 0. The number of nitriles is 1. The van der Waals surface area contributed by atoms with Crippen molar-refractivity contribution in [1.82, 2.24) is 10.2 Å². The molecule has 0 radical (unpaired) electrons. The van der Waals surface area contributed by atoms with Gasteiger partial charge in [-0.25, -0.2) is 9.18 Å². The number of esters is 1. The van der Waals surface area contributed by atoms with Crippen LogP contribution in [0.4, 0.5) is 4.39 Å². The number of halogens is 1. The largest absolute Gasteiger partial charge is 0.500 e. The van der Waals surface area contributed by atoms with E-state index in [-0.39, 0.29) is 30.2 Å². The molecule has 0 aromatic rings. The lowest BCUT2D eigenvalue weighted by Gasteiger charge is -2.25. The molecule has 1 heterocycles. The summed E-state index contributed by atoms with van der Waals surface area (Å²) in [5.74, 6) is -0.423. The van der Waals surface area contributed by atoms with Crippen molar-refractivity contribution < 1.29 is 23.5 Å².